The second-order valence-corrected chi connectivity index (χ2v) is 8.53. The van der Waals surface area contributed by atoms with E-state index in [0.717, 1.165) is 42.8 Å². The molecule has 1 aliphatic heterocycles. The van der Waals surface area contributed by atoms with E-state index in [1.165, 1.54) is 24.8 Å². The van der Waals surface area contributed by atoms with Gasteiger partial charge in [0.05, 0.1) is 31.1 Å². The zero-order valence-corrected chi connectivity index (χ0v) is 19.5. The normalized spacial score (nSPS) is 15.3. The number of aromatic nitrogens is 1. The standard InChI is InChI=1S/C27H25N3O5/c1-34-24-18-5-3-4-6-21(18)29-23(24)14-20-19-13-17(11-12-22(19)30-26(20)32)28-25(31)15-7-9-16(10-8-15)27(33)35-2/h7-14,29H,3-6H2,1-2H3,(H,28,31)(H,30,32). The Bertz CT molecular complexity index is 1370. The molecule has 0 fully saturated rings. The van der Waals surface area contributed by atoms with E-state index >= 15 is 0 Å². The molecule has 0 spiro atoms. The van der Waals surface area contributed by atoms with Gasteiger partial charge < -0.3 is 25.1 Å². The van der Waals surface area contributed by atoms with E-state index in [1.807, 2.05) is 6.08 Å². The van der Waals surface area contributed by atoms with Gasteiger partial charge in [-0.25, -0.2) is 4.79 Å². The maximum absolute atomic E-state index is 12.8. The molecule has 2 aliphatic rings. The van der Waals surface area contributed by atoms with Crippen LogP contribution in [-0.2, 0) is 22.4 Å². The van der Waals surface area contributed by atoms with Crippen LogP contribution < -0.4 is 15.4 Å². The Kier molecular flexibility index (Phi) is 5.86. The number of rotatable bonds is 5. The number of amides is 2. The Labute approximate surface area is 202 Å². The molecule has 3 aromatic rings. The predicted molar refractivity (Wildman–Crippen MR) is 133 cm³/mol. The molecule has 1 aliphatic carbocycles. The Balaban J connectivity index is 1.42. The lowest BCUT2D eigenvalue weighted by atomic mass is 9.97. The molecule has 0 bridgehead atoms. The molecular weight excluding hydrogens is 446 g/mol. The maximum atomic E-state index is 12.8. The lowest BCUT2D eigenvalue weighted by Crippen LogP contribution is -2.12. The summed E-state index contributed by atoms with van der Waals surface area (Å²) in [6.07, 6.45) is 5.99. The van der Waals surface area contributed by atoms with Crippen molar-refractivity contribution >= 4 is 40.8 Å². The summed E-state index contributed by atoms with van der Waals surface area (Å²) >= 11 is 0. The second kappa shape index (κ2) is 9.13. The fourth-order valence-electron chi connectivity index (χ4n) is 4.64. The highest BCUT2D eigenvalue weighted by molar-refractivity contribution is 6.35. The fraction of sp³-hybridized carbons (Fsp3) is 0.222. The van der Waals surface area contributed by atoms with Gasteiger partial charge in [0.15, 0.2) is 0 Å². The number of ether oxygens (including phenoxy) is 2. The number of benzene rings is 2. The van der Waals surface area contributed by atoms with Crippen LogP contribution in [0.1, 0.15) is 56.1 Å². The van der Waals surface area contributed by atoms with Crippen LogP contribution in [-0.4, -0.2) is 37.0 Å². The van der Waals surface area contributed by atoms with E-state index in [-0.39, 0.29) is 11.8 Å². The zero-order chi connectivity index (χ0) is 24.5. The molecule has 3 N–H and O–H groups in total. The van der Waals surface area contributed by atoms with Gasteiger partial charge in [0.2, 0.25) is 0 Å². The number of carbonyl (C=O) groups excluding carboxylic acids is 3. The molecule has 2 heterocycles. The van der Waals surface area contributed by atoms with E-state index in [9.17, 15) is 14.4 Å². The van der Waals surface area contributed by atoms with Crippen LogP contribution in [0, 0.1) is 0 Å². The SMILES string of the molecule is COC(=O)c1ccc(C(=O)Nc2ccc3c(c2)C(=Cc2[nH]c4c(c2OC)CCCC4)C(=O)N3)cc1. The number of anilines is 2. The summed E-state index contributed by atoms with van der Waals surface area (Å²) < 4.78 is 10.4. The monoisotopic (exact) mass is 471 g/mol. The van der Waals surface area contributed by atoms with E-state index < -0.39 is 5.97 Å². The second-order valence-electron chi connectivity index (χ2n) is 8.53. The van der Waals surface area contributed by atoms with Crippen LogP contribution in [0.25, 0.3) is 11.6 Å². The number of H-pyrrole nitrogens is 1. The van der Waals surface area contributed by atoms with Crippen molar-refractivity contribution in [3.05, 3.63) is 76.1 Å². The molecule has 0 atom stereocenters. The molecule has 178 valence electrons. The lowest BCUT2D eigenvalue weighted by Gasteiger charge is -2.11. The van der Waals surface area contributed by atoms with Gasteiger partial charge in [0.25, 0.3) is 11.8 Å². The quantitative estimate of drug-likeness (QED) is 0.377. The number of hydrogen-bond acceptors (Lipinski definition) is 5. The van der Waals surface area contributed by atoms with E-state index in [2.05, 4.69) is 20.4 Å². The molecule has 0 saturated heterocycles. The minimum absolute atomic E-state index is 0.212. The Morgan fingerprint density at radius 3 is 2.49 bits per heavy atom. The molecule has 0 saturated carbocycles. The Morgan fingerprint density at radius 2 is 1.74 bits per heavy atom. The van der Waals surface area contributed by atoms with Crippen LogP contribution in [0.2, 0.25) is 0 Å². The fourth-order valence-corrected chi connectivity index (χ4v) is 4.64. The van der Waals surface area contributed by atoms with E-state index in [4.69, 9.17) is 4.74 Å². The number of hydrogen-bond donors (Lipinski definition) is 3. The average Bonchev–Trinajstić information content (AvgIpc) is 3.39. The number of nitrogens with one attached hydrogen (secondary N) is 3. The smallest absolute Gasteiger partial charge is 0.337 e. The van der Waals surface area contributed by atoms with Crippen LogP contribution in [0.4, 0.5) is 11.4 Å². The van der Waals surface area contributed by atoms with Gasteiger partial charge >= 0.3 is 5.97 Å². The summed E-state index contributed by atoms with van der Waals surface area (Å²) in [4.78, 5) is 40.6. The number of methoxy groups -OCH3 is 2. The van der Waals surface area contributed by atoms with Gasteiger partial charge in [-0.05, 0) is 74.2 Å². The first kappa shape index (κ1) is 22.5. The molecule has 0 unspecified atom stereocenters. The summed E-state index contributed by atoms with van der Waals surface area (Å²) in [7, 11) is 2.95. The van der Waals surface area contributed by atoms with Crippen LogP contribution >= 0.6 is 0 Å². The van der Waals surface area contributed by atoms with Crippen molar-refractivity contribution in [2.75, 3.05) is 24.9 Å². The van der Waals surface area contributed by atoms with Crippen LogP contribution in [0.3, 0.4) is 0 Å². The summed E-state index contributed by atoms with van der Waals surface area (Å²) in [6, 6.07) is 11.5. The van der Waals surface area contributed by atoms with Crippen molar-refractivity contribution in [2.45, 2.75) is 25.7 Å². The summed E-state index contributed by atoms with van der Waals surface area (Å²) in [5.41, 5.74) is 6.30. The van der Waals surface area contributed by atoms with Crippen molar-refractivity contribution in [3.63, 3.8) is 0 Å². The molecule has 1 aromatic heterocycles. The van der Waals surface area contributed by atoms with Crippen LogP contribution in [0.15, 0.2) is 42.5 Å². The highest BCUT2D eigenvalue weighted by Gasteiger charge is 2.27. The third-order valence-corrected chi connectivity index (χ3v) is 6.39. The minimum Gasteiger partial charge on any atom is -0.494 e. The predicted octanol–water partition coefficient (Wildman–Crippen LogP) is 4.43. The van der Waals surface area contributed by atoms with Gasteiger partial charge in [0.1, 0.15) is 5.75 Å². The van der Waals surface area contributed by atoms with Gasteiger partial charge in [-0.2, -0.15) is 0 Å². The largest absolute Gasteiger partial charge is 0.494 e. The van der Waals surface area contributed by atoms with Crippen LogP contribution in [0.5, 0.6) is 5.75 Å². The average molecular weight is 472 g/mol. The molecule has 35 heavy (non-hydrogen) atoms. The van der Waals surface area contributed by atoms with Crippen molar-refractivity contribution in [2.24, 2.45) is 0 Å². The minimum atomic E-state index is -0.466. The number of aryl methyl sites for hydroxylation is 1. The van der Waals surface area contributed by atoms with Gasteiger partial charge in [0, 0.05) is 33.8 Å². The highest BCUT2D eigenvalue weighted by Crippen LogP contribution is 2.39. The van der Waals surface area contributed by atoms with Gasteiger partial charge in [-0.1, -0.05) is 0 Å². The molecule has 2 amide bonds. The molecule has 2 aromatic carbocycles. The molecular formula is C27H25N3O5. The first-order valence-electron chi connectivity index (χ1n) is 11.4. The van der Waals surface area contributed by atoms with E-state index in [0.29, 0.717) is 33.6 Å². The van der Waals surface area contributed by atoms with Gasteiger partial charge in [-0.15, -0.1) is 0 Å². The summed E-state index contributed by atoms with van der Waals surface area (Å²) in [5, 5.41) is 5.74. The number of carbonyl (C=O) groups is 3. The Hall–Kier alpha value is -4.33. The van der Waals surface area contributed by atoms with E-state index in [1.54, 1.807) is 37.4 Å². The third kappa shape index (κ3) is 4.19. The molecule has 5 rings (SSSR count). The maximum Gasteiger partial charge on any atom is 0.337 e. The molecule has 8 heteroatoms. The highest BCUT2D eigenvalue weighted by atomic mass is 16.5. The summed E-state index contributed by atoms with van der Waals surface area (Å²) in [6.45, 7) is 0. The number of fused-ring (bicyclic) bond motifs is 2. The molecule has 8 nitrogen and oxygen atoms in total. The number of esters is 1. The first-order valence-corrected chi connectivity index (χ1v) is 11.4. The van der Waals surface area contributed by atoms with Crippen molar-refractivity contribution in [1.29, 1.82) is 0 Å². The van der Waals surface area contributed by atoms with Crippen molar-refractivity contribution < 1.29 is 23.9 Å². The van der Waals surface area contributed by atoms with Crippen molar-refractivity contribution in [3.8, 4) is 5.75 Å². The lowest BCUT2D eigenvalue weighted by molar-refractivity contribution is -0.110. The number of aromatic amines is 1. The van der Waals surface area contributed by atoms with Crippen molar-refractivity contribution in [1.82, 2.24) is 4.98 Å². The topological polar surface area (TPSA) is 110 Å². The third-order valence-electron chi connectivity index (χ3n) is 6.39. The zero-order valence-electron chi connectivity index (χ0n) is 19.5. The molecule has 0 radical (unpaired) electrons. The first-order chi connectivity index (χ1) is 17.0. The summed E-state index contributed by atoms with van der Waals surface area (Å²) in [5.74, 6) is -0.223. The van der Waals surface area contributed by atoms with Gasteiger partial charge in [-0.3, -0.25) is 9.59 Å². The Morgan fingerprint density at radius 1 is 1.00 bits per heavy atom.